The zero-order chi connectivity index (χ0) is 9.19. The molecule has 0 aromatic carbocycles. The van der Waals surface area contributed by atoms with E-state index in [2.05, 4.69) is 0 Å². The summed E-state index contributed by atoms with van der Waals surface area (Å²) < 4.78 is 26.8. The lowest BCUT2D eigenvalue weighted by Crippen LogP contribution is -2.43. The molecule has 0 spiro atoms. The van der Waals surface area contributed by atoms with Crippen molar-refractivity contribution in [3.63, 3.8) is 0 Å². The van der Waals surface area contributed by atoms with Crippen molar-refractivity contribution in [1.29, 1.82) is 0 Å². The van der Waals surface area contributed by atoms with Gasteiger partial charge in [0.1, 0.15) is 0 Å². The van der Waals surface area contributed by atoms with Crippen molar-refractivity contribution in [2.24, 2.45) is 5.92 Å². The fraction of sp³-hybridized carbons (Fsp3) is 0.750. The smallest absolute Gasteiger partial charge is 0.151 e. The highest BCUT2D eigenvalue weighted by molar-refractivity contribution is 7.92. The third kappa shape index (κ3) is 2.24. The lowest BCUT2D eigenvalue weighted by Gasteiger charge is -2.30. The van der Waals surface area contributed by atoms with Crippen molar-refractivity contribution in [1.82, 2.24) is 0 Å². The molecule has 0 radical (unpaired) electrons. The molecule has 12 heavy (non-hydrogen) atoms. The maximum atomic E-state index is 10.8. The molecular weight excluding hydrogens is 176 g/mol. The van der Waals surface area contributed by atoms with Crippen LogP contribution in [0.1, 0.15) is 13.8 Å². The molecule has 0 aromatic heterocycles. The normalized spacial score (nSPS) is 25.2. The van der Waals surface area contributed by atoms with E-state index in [1.165, 1.54) is 0 Å². The summed E-state index contributed by atoms with van der Waals surface area (Å²) in [6.45, 7) is 3.77. The summed E-state index contributed by atoms with van der Waals surface area (Å²) in [7, 11) is -2.70. The molecule has 70 valence electrons. The van der Waals surface area contributed by atoms with Crippen LogP contribution in [0.15, 0.2) is 12.3 Å². The number of hydrogen-bond donors (Lipinski definition) is 0. The molecule has 0 N–H and O–H groups in total. The molecule has 1 atom stereocenters. The van der Waals surface area contributed by atoms with Crippen LogP contribution in [0.2, 0.25) is 0 Å². The number of allylic oxidation sites excluding steroid dienone is 1. The minimum Gasteiger partial charge on any atom is -0.498 e. The third-order valence-corrected chi connectivity index (χ3v) is 3.90. The van der Waals surface area contributed by atoms with E-state index in [1.807, 2.05) is 13.8 Å². The lowest BCUT2D eigenvalue weighted by atomic mass is 10.1. The van der Waals surface area contributed by atoms with E-state index < -0.39 is 9.84 Å². The first-order valence-corrected chi connectivity index (χ1v) is 5.84. The van der Waals surface area contributed by atoms with Gasteiger partial charge in [0.05, 0.1) is 23.9 Å². The van der Waals surface area contributed by atoms with Crippen molar-refractivity contribution in [2.45, 2.75) is 20.0 Å². The first-order chi connectivity index (χ1) is 5.55. The predicted molar refractivity (Wildman–Crippen MR) is 47.5 cm³/mol. The van der Waals surface area contributed by atoms with Gasteiger partial charge in [0.25, 0.3) is 0 Å². The minimum absolute atomic E-state index is 0.0183. The van der Waals surface area contributed by atoms with E-state index in [0.717, 1.165) is 0 Å². The van der Waals surface area contributed by atoms with Gasteiger partial charge >= 0.3 is 0 Å². The Kier molecular flexibility index (Phi) is 2.77. The van der Waals surface area contributed by atoms with Crippen molar-refractivity contribution in [3.8, 4) is 0 Å². The van der Waals surface area contributed by atoms with Gasteiger partial charge in [-0.1, -0.05) is 6.08 Å². The molecule has 1 rings (SSSR count). The summed E-state index contributed by atoms with van der Waals surface area (Å²) in [5.74, 6) is 0.753. The molecule has 1 aliphatic heterocycles. The van der Waals surface area contributed by atoms with Crippen molar-refractivity contribution in [2.75, 3.05) is 11.5 Å². The average molecular weight is 190 g/mol. The third-order valence-electron chi connectivity index (χ3n) is 2.03. The predicted octanol–water partition coefficient (Wildman–Crippen LogP) is 0.970. The zero-order valence-electron chi connectivity index (χ0n) is 7.36. The molecular formula is C8H14O3S. The van der Waals surface area contributed by atoms with Gasteiger partial charge in [-0.2, -0.15) is 0 Å². The molecule has 0 amide bonds. The lowest BCUT2D eigenvalue weighted by molar-refractivity contribution is 0.114. The maximum absolute atomic E-state index is 10.8. The Morgan fingerprint density at radius 2 is 2.08 bits per heavy atom. The summed E-state index contributed by atoms with van der Waals surface area (Å²) in [5, 5.41) is 0. The summed E-state index contributed by atoms with van der Waals surface area (Å²) in [6.07, 6.45) is 3.42. The fourth-order valence-corrected chi connectivity index (χ4v) is 2.94. The second kappa shape index (κ2) is 3.47. The summed E-state index contributed by atoms with van der Waals surface area (Å²) in [5.41, 5.74) is 0. The molecule has 3 nitrogen and oxygen atoms in total. The molecule has 0 aromatic rings. The van der Waals surface area contributed by atoms with Crippen LogP contribution in [0, 0.1) is 5.92 Å². The van der Waals surface area contributed by atoms with Crippen molar-refractivity contribution >= 4 is 9.84 Å². The first kappa shape index (κ1) is 9.58. The number of hydrogen-bond acceptors (Lipinski definition) is 3. The van der Waals surface area contributed by atoms with E-state index in [-0.39, 0.29) is 23.5 Å². The second-order valence-corrected chi connectivity index (χ2v) is 5.30. The summed E-state index contributed by atoms with van der Waals surface area (Å²) in [4.78, 5) is 0. The highest BCUT2D eigenvalue weighted by Crippen LogP contribution is 2.23. The van der Waals surface area contributed by atoms with Crippen LogP contribution in [-0.2, 0) is 14.6 Å². The van der Waals surface area contributed by atoms with Gasteiger partial charge in [0.2, 0.25) is 0 Å². The standard InChI is InChI=1S/C8H14O3S/c1-3-4-11-7(2)8-5-12(9,10)6-8/h3-4,7-8H,5-6H2,1-2H3/b4-3+. The average Bonchev–Trinajstić information content (AvgIpc) is 1.95. The maximum Gasteiger partial charge on any atom is 0.151 e. The Balaban J connectivity index is 2.33. The van der Waals surface area contributed by atoms with Gasteiger partial charge < -0.3 is 4.74 Å². The Bertz CT molecular complexity index is 254. The Morgan fingerprint density at radius 1 is 1.50 bits per heavy atom. The van der Waals surface area contributed by atoms with Crippen molar-refractivity contribution < 1.29 is 13.2 Å². The van der Waals surface area contributed by atoms with Crippen molar-refractivity contribution in [3.05, 3.63) is 12.3 Å². The quantitative estimate of drug-likeness (QED) is 0.623. The van der Waals surface area contributed by atoms with E-state index in [1.54, 1.807) is 12.3 Å². The molecule has 0 aliphatic carbocycles. The van der Waals surface area contributed by atoms with E-state index in [0.29, 0.717) is 0 Å². The molecule has 0 bridgehead atoms. The topological polar surface area (TPSA) is 43.4 Å². The monoisotopic (exact) mass is 190 g/mol. The van der Waals surface area contributed by atoms with Gasteiger partial charge in [0, 0.05) is 5.92 Å². The van der Waals surface area contributed by atoms with Gasteiger partial charge in [-0.25, -0.2) is 8.42 Å². The summed E-state index contributed by atoms with van der Waals surface area (Å²) in [6, 6.07) is 0. The second-order valence-electron chi connectivity index (χ2n) is 3.15. The summed E-state index contributed by atoms with van der Waals surface area (Å²) >= 11 is 0. The highest BCUT2D eigenvalue weighted by atomic mass is 32.2. The Morgan fingerprint density at radius 3 is 2.50 bits per heavy atom. The molecule has 0 saturated carbocycles. The van der Waals surface area contributed by atoms with Crippen LogP contribution in [0.3, 0.4) is 0 Å². The van der Waals surface area contributed by atoms with Gasteiger partial charge in [-0.3, -0.25) is 0 Å². The minimum atomic E-state index is -2.70. The van der Waals surface area contributed by atoms with E-state index >= 15 is 0 Å². The first-order valence-electron chi connectivity index (χ1n) is 4.02. The van der Waals surface area contributed by atoms with E-state index in [4.69, 9.17) is 4.74 Å². The SMILES string of the molecule is C/C=C/OC(C)C1CS(=O)(=O)C1. The van der Waals surface area contributed by atoms with Gasteiger partial charge in [-0.05, 0) is 13.8 Å². The highest BCUT2D eigenvalue weighted by Gasteiger charge is 2.37. The largest absolute Gasteiger partial charge is 0.498 e. The number of ether oxygens (including phenoxy) is 1. The van der Waals surface area contributed by atoms with Crippen LogP contribution < -0.4 is 0 Å². The number of rotatable bonds is 3. The van der Waals surface area contributed by atoms with E-state index in [9.17, 15) is 8.42 Å². The Hall–Kier alpha value is -0.510. The molecule has 4 heteroatoms. The molecule has 1 saturated heterocycles. The molecule has 1 fully saturated rings. The zero-order valence-corrected chi connectivity index (χ0v) is 8.17. The van der Waals surface area contributed by atoms with Gasteiger partial charge in [0.15, 0.2) is 9.84 Å². The number of sulfone groups is 1. The van der Waals surface area contributed by atoms with Crippen LogP contribution >= 0.6 is 0 Å². The van der Waals surface area contributed by atoms with Crippen LogP contribution in [0.5, 0.6) is 0 Å². The molecule has 1 unspecified atom stereocenters. The molecule has 1 aliphatic rings. The molecule has 1 heterocycles. The fourth-order valence-electron chi connectivity index (χ4n) is 1.19. The van der Waals surface area contributed by atoms with Crippen LogP contribution in [0.4, 0.5) is 0 Å². The van der Waals surface area contributed by atoms with Gasteiger partial charge in [-0.15, -0.1) is 0 Å². The van der Waals surface area contributed by atoms with Crippen LogP contribution in [0.25, 0.3) is 0 Å². The van der Waals surface area contributed by atoms with Crippen LogP contribution in [-0.4, -0.2) is 26.0 Å². The Labute approximate surface area is 73.3 Å².